The van der Waals surface area contributed by atoms with E-state index in [0.717, 1.165) is 25.7 Å². The van der Waals surface area contributed by atoms with Gasteiger partial charge in [0.1, 0.15) is 0 Å². The van der Waals surface area contributed by atoms with E-state index in [9.17, 15) is 0 Å². The van der Waals surface area contributed by atoms with Crippen molar-refractivity contribution in [3.63, 3.8) is 0 Å². The Balaban J connectivity index is 4.63. The first-order chi connectivity index (χ1) is 8.95. The van der Waals surface area contributed by atoms with Crippen LogP contribution in [0.4, 0.5) is 0 Å². The van der Waals surface area contributed by atoms with Crippen LogP contribution >= 0.6 is 0 Å². The third-order valence-corrected chi connectivity index (χ3v) is 6.43. The first kappa shape index (κ1) is 19.6. The van der Waals surface area contributed by atoms with Crippen LogP contribution in [0.1, 0.15) is 67.2 Å². The van der Waals surface area contributed by atoms with Crippen molar-refractivity contribution >= 4 is 0 Å². The van der Waals surface area contributed by atoms with Gasteiger partial charge in [-0.1, -0.05) is 0 Å². The van der Waals surface area contributed by atoms with Gasteiger partial charge in [-0.3, -0.25) is 0 Å². The van der Waals surface area contributed by atoms with E-state index in [0.29, 0.717) is 13.2 Å². The Hall–Kier alpha value is 0.554. The predicted octanol–water partition coefficient (Wildman–Crippen LogP) is 4.28. The molecule has 0 fully saturated rings. The average Bonchev–Trinajstić information content (AvgIpc) is 2.27. The van der Waals surface area contributed by atoms with E-state index in [-0.39, 0.29) is 12.2 Å². The summed E-state index contributed by atoms with van der Waals surface area (Å²) in [6.07, 6.45) is 4.32. The van der Waals surface area contributed by atoms with Crippen LogP contribution in [0.2, 0.25) is 0 Å². The van der Waals surface area contributed by atoms with Gasteiger partial charge in [0.15, 0.2) is 0 Å². The van der Waals surface area contributed by atoms with E-state index in [2.05, 4.69) is 13.8 Å². The van der Waals surface area contributed by atoms with Gasteiger partial charge in [-0.25, -0.2) is 0 Å². The van der Waals surface area contributed by atoms with Gasteiger partial charge in [0.2, 0.25) is 0 Å². The summed E-state index contributed by atoms with van der Waals surface area (Å²) in [5.74, 6) is 0. The Labute approximate surface area is 124 Å². The first-order valence-electron chi connectivity index (χ1n) is 7.59. The van der Waals surface area contributed by atoms with Gasteiger partial charge >= 0.3 is 124 Å². The van der Waals surface area contributed by atoms with Crippen LogP contribution in [-0.2, 0) is 31.4 Å². The summed E-state index contributed by atoms with van der Waals surface area (Å²) in [5.41, 5.74) is 0. The fraction of sp³-hybridized carbons (Fsp3) is 1.00. The number of unbranched alkanes of at least 4 members (excludes halogenated alkanes) is 2. The van der Waals surface area contributed by atoms with Crippen molar-refractivity contribution in [2.75, 3.05) is 13.2 Å². The van der Waals surface area contributed by atoms with Gasteiger partial charge in [-0.15, -0.1) is 0 Å². The Morgan fingerprint density at radius 3 is 1.37 bits per heavy atom. The van der Waals surface area contributed by atoms with E-state index in [4.69, 9.17) is 13.3 Å². The van der Waals surface area contributed by atoms with Crippen LogP contribution in [0.5, 0.6) is 0 Å². The fourth-order valence-corrected chi connectivity index (χ4v) is 5.14. The van der Waals surface area contributed by atoms with Gasteiger partial charge in [-0.05, 0) is 0 Å². The molecule has 0 saturated heterocycles. The van der Waals surface area contributed by atoms with Crippen molar-refractivity contribution in [1.82, 2.24) is 0 Å². The molecule has 0 rings (SSSR count). The molecule has 0 aliphatic heterocycles. The van der Waals surface area contributed by atoms with Crippen molar-refractivity contribution in [2.24, 2.45) is 0 Å². The summed E-state index contributed by atoms with van der Waals surface area (Å²) in [6, 6.07) is 0. The first-order valence-corrected chi connectivity index (χ1v) is 10.1. The van der Waals surface area contributed by atoms with E-state index in [1.165, 1.54) is 0 Å². The minimum atomic E-state index is -3.57. The molecule has 5 heteroatoms. The minimum absolute atomic E-state index is 0.0574. The second-order valence-electron chi connectivity index (χ2n) is 5.24. The molecule has 0 N–H and O–H groups in total. The van der Waals surface area contributed by atoms with Gasteiger partial charge in [-0.2, -0.15) is 0 Å². The molecule has 0 radical (unpaired) electrons. The monoisotopic (exact) mass is 312 g/mol. The quantitative estimate of drug-likeness (QED) is 0.398. The summed E-state index contributed by atoms with van der Waals surface area (Å²) < 4.78 is 23.8. The van der Waals surface area contributed by atoms with Crippen LogP contribution in [0.15, 0.2) is 0 Å². The van der Waals surface area contributed by atoms with Crippen molar-refractivity contribution in [2.45, 2.75) is 79.4 Å². The second kappa shape index (κ2) is 11.2. The van der Waals surface area contributed by atoms with Crippen LogP contribution in [0, 0.1) is 0 Å². The van der Waals surface area contributed by atoms with Crippen LogP contribution in [0.25, 0.3) is 0 Å². The SMILES string of the molecule is CCCC[O][Ti]([O]CCCC)([O]C(C)C)[O]C(C)C. The molecule has 0 aliphatic rings. The molecule has 0 atom stereocenters. The third kappa shape index (κ3) is 10.00. The number of hydrogen-bond donors (Lipinski definition) is 0. The maximum atomic E-state index is 5.96. The molecule has 0 unspecified atom stereocenters. The summed E-state index contributed by atoms with van der Waals surface area (Å²) in [5, 5.41) is 0. The molecule has 0 saturated carbocycles. The molecular weight excluding hydrogens is 280 g/mol. The fourth-order valence-electron chi connectivity index (χ4n) is 1.47. The van der Waals surface area contributed by atoms with Gasteiger partial charge in [0.25, 0.3) is 0 Å². The molecule has 0 aromatic heterocycles. The zero-order chi connectivity index (χ0) is 14.7. The van der Waals surface area contributed by atoms with E-state index >= 15 is 0 Å². The molecule has 0 amide bonds. The van der Waals surface area contributed by atoms with Crippen molar-refractivity contribution in [3.05, 3.63) is 0 Å². The van der Waals surface area contributed by atoms with Crippen LogP contribution < -0.4 is 0 Å². The summed E-state index contributed by atoms with van der Waals surface area (Å²) >= 11 is -3.57. The van der Waals surface area contributed by atoms with Crippen molar-refractivity contribution in [1.29, 1.82) is 0 Å². The van der Waals surface area contributed by atoms with Crippen molar-refractivity contribution < 1.29 is 31.4 Å². The molecule has 116 valence electrons. The molecule has 0 aliphatic carbocycles. The molecule has 0 aromatic carbocycles. The summed E-state index contributed by atoms with van der Waals surface area (Å²) in [4.78, 5) is 0. The zero-order valence-corrected chi connectivity index (χ0v) is 15.1. The molecular formula is C14H32O4Ti. The molecule has 0 aromatic rings. The number of rotatable bonds is 12. The topological polar surface area (TPSA) is 36.9 Å². The average molecular weight is 312 g/mol. The maximum absolute atomic E-state index is 5.96. The Morgan fingerprint density at radius 1 is 0.737 bits per heavy atom. The second-order valence-corrected chi connectivity index (χ2v) is 8.44. The van der Waals surface area contributed by atoms with E-state index in [1.807, 2.05) is 27.7 Å². The van der Waals surface area contributed by atoms with Crippen molar-refractivity contribution in [3.8, 4) is 0 Å². The summed E-state index contributed by atoms with van der Waals surface area (Å²) in [6.45, 7) is 13.6. The number of hydrogen-bond acceptors (Lipinski definition) is 4. The standard InChI is InChI=1S/2C4H9O.2C3H7O.Ti/c2*1-2-3-4-5;2*1-3(2)4;/h2*2-4H2,1H3;2*3H,1-2H3;/q4*-1;+4. The molecule has 0 spiro atoms. The van der Waals surface area contributed by atoms with Crippen LogP contribution in [0.3, 0.4) is 0 Å². The van der Waals surface area contributed by atoms with Crippen LogP contribution in [-0.4, -0.2) is 25.4 Å². The van der Waals surface area contributed by atoms with E-state index < -0.39 is 18.1 Å². The van der Waals surface area contributed by atoms with E-state index in [1.54, 1.807) is 0 Å². The summed E-state index contributed by atoms with van der Waals surface area (Å²) in [7, 11) is 0. The third-order valence-electron chi connectivity index (χ3n) is 2.31. The normalized spacial score (nSPS) is 12.6. The Morgan fingerprint density at radius 2 is 1.11 bits per heavy atom. The molecule has 4 nitrogen and oxygen atoms in total. The molecule has 0 bridgehead atoms. The molecule has 19 heavy (non-hydrogen) atoms. The Bertz CT molecular complexity index is 188. The molecule has 0 heterocycles. The Kier molecular flexibility index (Phi) is 11.6. The zero-order valence-electron chi connectivity index (χ0n) is 13.5. The van der Waals surface area contributed by atoms with Gasteiger partial charge in [0.05, 0.1) is 0 Å². The van der Waals surface area contributed by atoms with Gasteiger partial charge in [0, 0.05) is 0 Å². The van der Waals surface area contributed by atoms with Gasteiger partial charge < -0.3 is 0 Å². The predicted molar refractivity (Wildman–Crippen MR) is 74.2 cm³/mol.